The lowest BCUT2D eigenvalue weighted by atomic mass is 10.1. The van der Waals surface area contributed by atoms with Crippen LogP contribution < -0.4 is 11.5 Å². The highest BCUT2D eigenvalue weighted by molar-refractivity contribution is 5.72. The molecule has 0 heterocycles. The minimum Gasteiger partial charge on any atom is -0.480 e. The number of primary amides is 1. The predicted molar refractivity (Wildman–Crippen MR) is 71.6 cm³/mol. The standard InChI is InChI=1S/C7H15NO3.C5H11NO2/c1-2-5(9)3-4-6(8)7(10)11;1-5(2,3)8-4(6)7/h5-6,9H,2-4,8H2,1H3,(H,10,11);1-3H3,(H2,6,7). The van der Waals surface area contributed by atoms with Crippen molar-refractivity contribution in [3.63, 3.8) is 0 Å². The normalized spacial score (nSPS) is 13.8. The number of aliphatic hydroxyl groups excluding tert-OH is 1. The molecule has 0 radical (unpaired) electrons. The number of carboxylic acid groups (broad SMARTS) is 1. The molecule has 0 aromatic carbocycles. The smallest absolute Gasteiger partial charge is 0.405 e. The Morgan fingerprint density at radius 1 is 1.26 bits per heavy atom. The van der Waals surface area contributed by atoms with Crippen LogP contribution >= 0.6 is 0 Å². The Bertz CT molecular complexity index is 276. The maximum Gasteiger partial charge on any atom is 0.405 e. The van der Waals surface area contributed by atoms with Gasteiger partial charge in [-0.1, -0.05) is 6.92 Å². The molecule has 2 unspecified atom stereocenters. The van der Waals surface area contributed by atoms with Gasteiger partial charge in [0.25, 0.3) is 0 Å². The molecule has 0 fully saturated rings. The second kappa shape index (κ2) is 9.57. The summed E-state index contributed by atoms with van der Waals surface area (Å²) in [6.45, 7) is 7.13. The first-order chi connectivity index (χ1) is 8.49. The van der Waals surface area contributed by atoms with Crippen LogP contribution in [0.4, 0.5) is 4.79 Å². The van der Waals surface area contributed by atoms with E-state index in [1.807, 2.05) is 6.92 Å². The first-order valence-corrected chi connectivity index (χ1v) is 6.14. The van der Waals surface area contributed by atoms with Gasteiger partial charge in [0.1, 0.15) is 11.6 Å². The number of carbonyl (C=O) groups is 2. The third kappa shape index (κ3) is 16.7. The topological polar surface area (TPSA) is 136 Å². The average molecular weight is 278 g/mol. The molecule has 7 heteroatoms. The van der Waals surface area contributed by atoms with Crippen molar-refractivity contribution in [1.82, 2.24) is 0 Å². The van der Waals surface area contributed by atoms with Gasteiger partial charge in [-0.25, -0.2) is 4.79 Å². The van der Waals surface area contributed by atoms with Crippen molar-refractivity contribution in [2.75, 3.05) is 0 Å². The highest BCUT2D eigenvalue weighted by Crippen LogP contribution is 2.05. The number of amides is 1. The molecule has 19 heavy (non-hydrogen) atoms. The molecule has 114 valence electrons. The Balaban J connectivity index is 0. The van der Waals surface area contributed by atoms with Gasteiger partial charge in [-0.3, -0.25) is 4.79 Å². The van der Waals surface area contributed by atoms with E-state index in [0.717, 1.165) is 0 Å². The van der Waals surface area contributed by atoms with Gasteiger partial charge in [0.2, 0.25) is 0 Å². The number of nitrogens with two attached hydrogens (primary N) is 2. The molecule has 2 atom stereocenters. The number of hydrogen-bond donors (Lipinski definition) is 4. The minimum atomic E-state index is -1.01. The van der Waals surface area contributed by atoms with E-state index in [0.29, 0.717) is 19.3 Å². The summed E-state index contributed by atoms with van der Waals surface area (Å²) in [5.41, 5.74) is 9.47. The monoisotopic (exact) mass is 278 g/mol. The largest absolute Gasteiger partial charge is 0.480 e. The van der Waals surface area contributed by atoms with Crippen molar-refractivity contribution in [3.8, 4) is 0 Å². The fourth-order valence-electron chi connectivity index (χ4n) is 1.00. The summed E-state index contributed by atoms with van der Waals surface area (Å²) in [6, 6.07) is -0.837. The maximum atomic E-state index is 10.2. The Morgan fingerprint density at radius 3 is 1.95 bits per heavy atom. The second-order valence-corrected chi connectivity index (χ2v) is 5.12. The van der Waals surface area contributed by atoms with E-state index < -0.39 is 29.8 Å². The van der Waals surface area contributed by atoms with Crippen LogP contribution in [-0.4, -0.2) is 40.0 Å². The number of carboxylic acids is 1. The number of aliphatic hydroxyl groups is 1. The first kappa shape index (κ1) is 20.0. The number of hydrogen-bond acceptors (Lipinski definition) is 5. The maximum absolute atomic E-state index is 10.2. The van der Waals surface area contributed by atoms with E-state index in [2.05, 4.69) is 4.74 Å². The van der Waals surface area contributed by atoms with Crippen molar-refractivity contribution in [1.29, 1.82) is 0 Å². The fourth-order valence-corrected chi connectivity index (χ4v) is 1.00. The van der Waals surface area contributed by atoms with Crippen molar-refractivity contribution < 1.29 is 24.5 Å². The number of rotatable bonds is 5. The molecule has 0 aliphatic heterocycles. The van der Waals surface area contributed by atoms with E-state index in [9.17, 15) is 9.59 Å². The molecule has 0 saturated carbocycles. The molecular weight excluding hydrogens is 252 g/mol. The van der Waals surface area contributed by atoms with Gasteiger partial charge in [-0.05, 0) is 40.0 Å². The molecule has 0 bridgehead atoms. The molecule has 0 spiro atoms. The van der Waals surface area contributed by atoms with Crippen molar-refractivity contribution in [2.24, 2.45) is 11.5 Å². The summed E-state index contributed by atoms with van der Waals surface area (Å²) in [7, 11) is 0. The SMILES string of the molecule is CC(C)(C)OC(N)=O.CCC(O)CCC(N)C(=O)O. The molecule has 6 N–H and O–H groups in total. The summed E-state index contributed by atoms with van der Waals surface area (Å²) < 4.78 is 4.58. The van der Waals surface area contributed by atoms with Gasteiger partial charge in [0, 0.05) is 0 Å². The fraction of sp³-hybridized carbons (Fsp3) is 0.833. The molecule has 0 aliphatic carbocycles. The lowest BCUT2D eigenvalue weighted by Gasteiger charge is -2.16. The highest BCUT2D eigenvalue weighted by Gasteiger charge is 2.13. The molecule has 1 amide bonds. The van der Waals surface area contributed by atoms with Gasteiger partial charge < -0.3 is 26.4 Å². The van der Waals surface area contributed by atoms with E-state index in [1.54, 1.807) is 20.8 Å². The van der Waals surface area contributed by atoms with Gasteiger partial charge in [-0.2, -0.15) is 0 Å². The summed E-state index contributed by atoms with van der Waals surface area (Å²) in [4.78, 5) is 20.2. The van der Waals surface area contributed by atoms with Crippen LogP contribution in [0.15, 0.2) is 0 Å². The molecule has 0 aromatic heterocycles. The Morgan fingerprint density at radius 2 is 1.74 bits per heavy atom. The van der Waals surface area contributed by atoms with E-state index in [1.165, 1.54) is 0 Å². The minimum absolute atomic E-state index is 0.338. The van der Waals surface area contributed by atoms with Crippen LogP contribution in [0.2, 0.25) is 0 Å². The quantitative estimate of drug-likeness (QED) is 0.588. The molecule has 0 rings (SSSR count). The molecule has 0 aliphatic rings. The molecular formula is C12H26N2O5. The first-order valence-electron chi connectivity index (χ1n) is 6.14. The average Bonchev–Trinajstić information content (AvgIpc) is 2.22. The van der Waals surface area contributed by atoms with Crippen molar-refractivity contribution in [2.45, 2.75) is 64.7 Å². The lowest BCUT2D eigenvalue weighted by molar-refractivity contribution is -0.138. The Kier molecular flexibility index (Phi) is 10.1. The molecule has 7 nitrogen and oxygen atoms in total. The van der Waals surface area contributed by atoms with Crippen LogP contribution in [0.25, 0.3) is 0 Å². The zero-order valence-electron chi connectivity index (χ0n) is 12.0. The van der Waals surface area contributed by atoms with Gasteiger partial charge in [0.05, 0.1) is 6.10 Å². The lowest BCUT2D eigenvalue weighted by Crippen LogP contribution is -2.30. The summed E-state index contributed by atoms with van der Waals surface area (Å²) in [6.07, 6.45) is 0.304. The number of aliphatic carboxylic acids is 1. The summed E-state index contributed by atoms with van der Waals surface area (Å²) in [5, 5.41) is 17.4. The van der Waals surface area contributed by atoms with Gasteiger partial charge in [0.15, 0.2) is 0 Å². The van der Waals surface area contributed by atoms with Crippen LogP contribution in [0, 0.1) is 0 Å². The zero-order valence-corrected chi connectivity index (χ0v) is 12.0. The second-order valence-electron chi connectivity index (χ2n) is 5.12. The Labute approximate surface area is 113 Å². The molecule has 0 aromatic rings. The van der Waals surface area contributed by atoms with Crippen molar-refractivity contribution >= 4 is 12.1 Å². The zero-order chi connectivity index (χ0) is 15.6. The van der Waals surface area contributed by atoms with Gasteiger partial charge in [-0.15, -0.1) is 0 Å². The number of carbonyl (C=O) groups excluding carboxylic acids is 1. The Hall–Kier alpha value is -1.34. The highest BCUT2D eigenvalue weighted by atomic mass is 16.6. The summed E-state index contributed by atoms with van der Waals surface area (Å²) in [5.74, 6) is -1.01. The van der Waals surface area contributed by atoms with E-state index >= 15 is 0 Å². The van der Waals surface area contributed by atoms with Crippen LogP contribution in [-0.2, 0) is 9.53 Å². The third-order valence-corrected chi connectivity index (χ3v) is 2.01. The third-order valence-electron chi connectivity index (χ3n) is 2.01. The van der Waals surface area contributed by atoms with Crippen LogP contribution in [0.1, 0.15) is 47.0 Å². The van der Waals surface area contributed by atoms with E-state index in [4.69, 9.17) is 21.7 Å². The molecule has 0 saturated heterocycles. The van der Waals surface area contributed by atoms with Crippen LogP contribution in [0.3, 0.4) is 0 Å². The van der Waals surface area contributed by atoms with Crippen LogP contribution in [0.5, 0.6) is 0 Å². The summed E-state index contributed by atoms with van der Waals surface area (Å²) >= 11 is 0. The predicted octanol–water partition coefficient (Wildman–Crippen LogP) is 0.830. The van der Waals surface area contributed by atoms with E-state index in [-0.39, 0.29) is 0 Å². The van der Waals surface area contributed by atoms with Gasteiger partial charge >= 0.3 is 12.1 Å². The number of ether oxygens (including phenoxy) is 1. The van der Waals surface area contributed by atoms with Crippen molar-refractivity contribution in [3.05, 3.63) is 0 Å².